The molecule has 0 spiro atoms. The molecule has 96 valence electrons. The van der Waals surface area contributed by atoms with Crippen LogP contribution >= 0.6 is 0 Å². The third kappa shape index (κ3) is 6.92. The van der Waals surface area contributed by atoms with Crippen molar-refractivity contribution in [3.63, 3.8) is 0 Å². The van der Waals surface area contributed by atoms with E-state index in [1.807, 2.05) is 0 Å². The van der Waals surface area contributed by atoms with Gasteiger partial charge >= 0.3 is 0 Å². The first kappa shape index (κ1) is 15.5. The zero-order chi connectivity index (χ0) is 12.6. The number of sulfone groups is 1. The van der Waals surface area contributed by atoms with Gasteiger partial charge in [0.1, 0.15) is 0 Å². The van der Waals surface area contributed by atoms with Crippen molar-refractivity contribution in [3.8, 4) is 0 Å². The van der Waals surface area contributed by atoms with Gasteiger partial charge < -0.3 is 10.5 Å². The molecule has 0 aliphatic heterocycles. The number of ether oxygens (including phenoxy) is 1. The predicted molar refractivity (Wildman–Crippen MR) is 63.0 cm³/mol. The number of methoxy groups -OCH3 is 1. The molecule has 0 heterocycles. The minimum absolute atomic E-state index is 0.00716. The van der Waals surface area contributed by atoms with Crippen LogP contribution in [-0.2, 0) is 19.4 Å². The number of ketones is 1. The van der Waals surface area contributed by atoms with Gasteiger partial charge in [0.25, 0.3) is 0 Å². The molecular weight excluding hydrogens is 230 g/mol. The molecule has 0 fully saturated rings. The Balaban J connectivity index is 3.97. The lowest BCUT2D eigenvalue weighted by Crippen LogP contribution is -2.33. The molecule has 0 bridgehead atoms. The maximum absolute atomic E-state index is 11.5. The molecule has 0 rings (SSSR count). The molecule has 16 heavy (non-hydrogen) atoms. The van der Waals surface area contributed by atoms with Crippen molar-refractivity contribution < 1.29 is 17.9 Å². The Kier molecular flexibility index (Phi) is 7.53. The zero-order valence-electron chi connectivity index (χ0n) is 9.94. The number of carbonyl (C=O) groups is 1. The summed E-state index contributed by atoms with van der Waals surface area (Å²) in [6.07, 6.45) is 1.02. The molecule has 1 unspecified atom stereocenters. The van der Waals surface area contributed by atoms with Gasteiger partial charge in [-0.2, -0.15) is 0 Å². The van der Waals surface area contributed by atoms with Crippen molar-refractivity contribution in [2.24, 2.45) is 5.73 Å². The van der Waals surface area contributed by atoms with Crippen molar-refractivity contribution in [1.82, 2.24) is 0 Å². The van der Waals surface area contributed by atoms with E-state index in [2.05, 4.69) is 0 Å². The smallest absolute Gasteiger partial charge is 0.150 e. The Hall–Kier alpha value is -0.460. The van der Waals surface area contributed by atoms with Crippen LogP contribution < -0.4 is 5.73 Å². The van der Waals surface area contributed by atoms with Crippen LogP contribution in [0.15, 0.2) is 0 Å². The van der Waals surface area contributed by atoms with Gasteiger partial charge in [-0.25, -0.2) is 8.42 Å². The van der Waals surface area contributed by atoms with Crippen molar-refractivity contribution >= 4 is 15.6 Å². The Morgan fingerprint density at radius 1 is 1.38 bits per heavy atom. The molecule has 6 heteroatoms. The molecule has 1 atom stereocenters. The van der Waals surface area contributed by atoms with Crippen LogP contribution in [0.4, 0.5) is 0 Å². The number of carbonyl (C=O) groups excluding carboxylic acids is 1. The summed E-state index contributed by atoms with van der Waals surface area (Å²) < 4.78 is 27.5. The second-order valence-electron chi connectivity index (χ2n) is 3.76. The molecule has 0 saturated carbocycles. The summed E-state index contributed by atoms with van der Waals surface area (Å²) in [6, 6.07) is -0.614. The number of rotatable bonds is 9. The Morgan fingerprint density at radius 2 is 2.00 bits per heavy atom. The van der Waals surface area contributed by atoms with Crippen LogP contribution in [0.5, 0.6) is 0 Å². The molecular formula is C10H21NO4S. The number of hydrogen-bond acceptors (Lipinski definition) is 5. The van der Waals surface area contributed by atoms with Crippen molar-refractivity contribution in [2.75, 3.05) is 25.2 Å². The van der Waals surface area contributed by atoms with E-state index in [0.29, 0.717) is 19.4 Å². The lowest BCUT2D eigenvalue weighted by atomic mass is 10.1. The first-order valence-electron chi connectivity index (χ1n) is 5.40. The molecule has 0 saturated heterocycles. The lowest BCUT2D eigenvalue weighted by Gasteiger charge is -2.09. The van der Waals surface area contributed by atoms with E-state index in [1.165, 1.54) is 7.11 Å². The zero-order valence-corrected chi connectivity index (χ0v) is 10.8. The fourth-order valence-corrected chi connectivity index (χ4v) is 2.60. The van der Waals surface area contributed by atoms with E-state index in [4.69, 9.17) is 10.5 Å². The van der Waals surface area contributed by atoms with E-state index in [0.717, 1.165) is 0 Å². The van der Waals surface area contributed by atoms with Crippen LogP contribution in [0.1, 0.15) is 26.2 Å². The molecule has 0 aromatic carbocycles. The average molecular weight is 251 g/mol. The highest BCUT2D eigenvalue weighted by atomic mass is 32.2. The lowest BCUT2D eigenvalue weighted by molar-refractivity contribution is -0.120. The van der Waals surface area contributed by atoms with Crippen LogP contribution in [0.2, 0.25) is 0 Å². The summed E-state index contributed by atoms with van der Waals surface area (Å²) in [5, 5.41) is 0. The summed E-state index contributed by atoms with van der Waals surface area (Å²) in [5.74, 6) is -0.176. The van der Waals surface area contributed by atoms with E-state index in [1.54, 1.807) is 6.92 Å². The summed E-state index contributed by atoms with van der Waals surface area (Å²) in [4.78, 5) is 11.5. The second-order valence-corrected chi connectivity index (χ2v) is 6.06. The topological polar surface area (TPSA) is 86.5 Å². The van der Waals surface area contributed by atoms with E-state index in [-0.39, 0.29) is 23.7 Å². The van der Waals surface area contributed by atoms with Crippen molar-refractivity contribution in [1.29, 1.82) is 0 Å². The molecule has 0 amide bonds. The SMILES string of the molecule is CCCS(=O)(=O)CCC(=O)C(N)CCOC. The number of hydrogen-bond donors (Lipinski definition) is 1. The molecule has 2 N–H and O–H groups in total. The molecule has 5 nitrogen and oxygen atoms in total. The second kappa shape index (κ2) is 7.76. The summed E-state index contributed by atoms with van der Waals surface area (Å²) >= 11 is 0. The maximum atomic E-state index is 11.5. The standard InChI is InChI=1S/C10H21NO4S/c1-3-7-16(13,14)8-5-10(12)9(11)4-6-15-2/h9H,3-8,11H2,1-2H3. The molecule has 0 aromatic rings. The number of Topliss-reactive ketones (excluding diaryl/α,β-unsaturated/α-hetero) is 1. The van der Waals surface area contributed by atoms with Gasteiger partial charge in [0.15, 0.2) is 15.6 Å². The number of nitrogens with two attached hydrogens (primary N) is 1. The highest BCUT2D eigenvalue weighted by Crippen LogP contribution is 2.01. The molecule has 0 aliphatic carbocycles. The molecule has 0 radical (unpaired) electrons. The largest absolute Gasteiger partial charge is 0.385 e. The maximum Gasteiger partial charge on any atom is 0.150 e. The molecule has 0 aliphatic rings. The van der Waals surface area contributed by atoms with Gasteiger partial charge in [0.2, 0.25) is 0 Å². The Bertz CT molecular complexity index is 300. The van der Waals surface area contributed by atoms with Gasteiger partial charge in [0, 0.05) is 25.9 Å². The van der Waals surface area contributed by atoms with Crippen LogP contribution in [0, 0.1) is 0 Å². The van der Waals surface area contributed by atoms with Gasteiger partial charge in [-0.05, 0) is 12.8 Å². The third-order valence-corrected chi connectivity index (χ3v) is 4.08. The van der Waals surface area contributed by atoms with Gasteiger partial charge in [-0.1, -0.05) is 6.92 Å². The van der Waals surface area contributed by atoms with Crippen molar-refractivity contribution in [3.05, 3.63) is 0 Å². The Labute approximate surface area is 97.3 Å². The quantitative estimate of drug-likeness (QED) is 0.629. The van der Waals surface area contributed by atoms with Gasteiger partial charge in [-0.3, -0.25) is 4.79 Å². The summed E-state index contributed by atoms with van der Waals surface area (Å²) in [5.41, 5.74) is 5.58. The van der Waals surface area contributed by atoms with Crippen LogP contribution in [-0.4, -0.2) is 45.5 Å². The van der Waals surface area contributed by atoms with Gasteiger partial charge in [0.05, 0.1) is 11.8 Å². The van der Waals surface area contributed by atoms with Crippen molar-refractivity contribution in [2.45, 2.75) is 32.2 Å². The van der Waals surface area contributed by atoms with Gasteiger partial charge in [-0.15, -0.1) is 0 Å². The summed E-state index contributed by atoms with van der Waals surface area (Å²) in [6.45, 7) is 2.21. The van der Waals surface area contributed by atoms with E-state index >= 15 is 0 Å². The van der Waals surface area contributed by atoms with Crippen LogP contribution in [0.3, 0.4) is 0 Å². The predicted octanol–water partition coefficient (Wildman–Crippen LogP) is 0.134. The highest BCUT2D eigenvalue weighted by molar-refractivity contribution is 7.91. The molecule has 0 aromatic heterocycles. The first-order chi connectivity index (χ1) is 7.43. The van der Waals surface area contributed by atoms with E-state index in [9.17, 15) is 13.2 Å². The van der Waals surface area contributed by atoms with Crippen LogP contribution in [0.25, 0.3) is 0 Å². The monoisotopic (exact) mass is 251 g/mol. The first-order valence-corrected chi connectivity index (χ1v) is 7.22. The minimum atomic E-state index is -3.09. The third-order valence-electron chi connectivity index (χ3n) is 2.22. The Morgan fingerprint density at radius 3 is 2.50 bits per heavy atom. The summed E-state index contributed by atoms with van der Waals surface area (Å²) in [7, 11) is -1.56. The average Bonchev–Trinajstić information content (AvgIpc) is 2.22. The van der Waals surface area contributed by atoms with E-state index < -0.39 is 15.9 Å². The highest BCUT2D eigenvalue weighted by Gasteiger charge is 2.17. The fourth-order valence-electron chi connectivity index (χ4n) is 1.26. The fraction of sp³-hybridized carbons (Fsp3) is 0.900. The normalized spacial score (nSPS) is 13.7. The minimum Gasteiger partial charge on any atom is -0.385 e.